The third kappa shape index (κ3) is 7.44. The van der Waals surface area contributed by atoms with Gasteiger partial charge in [0.1, 0.15) is 0 Å². The van der Waals surface area contributed by atoms with Crippen LogP contribution >= 0.6 is 8.46 Å². The summed E-state index contributed by atoms with van der Waals surface area (Å²) in [7, 11) is -4.91. The summed E-state index contributed by atoms with van der Waals surface area (Å²) in [6.45, 7) is 5.22. The molecule has 0 aromatic heterocycles. The van der Waals surface area contributed by atoms with Gasteiger partial charge in [0.25, 0.3) is 10.1 Å². The van der Waals surface area contributed by atoms with Crippen molar-refractivity contribution in [1.29, 1.82) is 0 Å². The van der Waals surface area contributed by atoms with Gasteiger partial charge in [-0.15, -0.1) is 0 Å². The van der Waals surface area contributed by atoms with E-state index < -0.39 is 36.1 Å². The maximum absolute atomic E-state index is 13.0. The van der Waals surface area contributed by atoms with Gasteiger partial charge in [0, 0.05) is 12.5 Å². The van der Waals surface area contributed by atoms with E-state index in [2.05, 4.69) is 0 Å². The van der Waals surface area contributed by atoms with E-state index in [-0.39, 0.29) is 30.9 Å². The highest BCUT2D eigenvalue weighted by Crippen LogP contribution is 2.33. The lowest BCUT2D eigenvalue weighted by molar-refractivity contribution is -0.178. The Morgan fingerprint density at radius 2 is 1.70 bits per heavy atom. The highest BCUT2D eigenvalue weighted by atomic mass is 32.2. The molecule has 0 fully saturated rings. The summed E-state index contributed by atoms with van der Waals surface area (Å²) in [5.74, 6) is -1.37. The molecule has 0 N–H and O–H groups in total. The number of carbonyl (C=O) groups is 1. The van der Waals surface area contributed by atoms with Crippen molar-refractivity contribution in [3.63, 3.8) is 0 Å². The molecule has 2 aromatic rings. The lowest BCUT2D eigenvalue weighted by atomic mass is 9.84. The molecule has 0 saturated heterocycles. The van der Waals surface area contributed by atoms with Gasteiger partial charge >= 0.3 is 14.4 Å². The number of hydrogen-bond donors (Lipinski definition) is 0. The molecule has 0 saturated carbocycles. The minimum absolute atomic E-state index is 0.0266. The van der Waals surface area contributed by atoms with Crippen LogP contribution < -0.4 is 0 Å². The van der Waals surface area contributed by atoms with Crippen LogP contribution in [-0.2, 0) is 39.6 Å². The molecule has 0 spiro atoms. The second-order valence-electron chi connectivity index (χ2n) is 7.64. The number of ether oxygens (including phenoxy) is 2. The van der Waals surface area contributed by atoms with E-state index in [0.717, 1.165) is 11.1 Å². The fourth-order valence-corrected chi connectivity index (χ4v) is 5.31. The lowest BCUT2D eigenvalue weighted by Gasteiger charge is -2.34. The largest absolute Gasteiger partial charge is 0.464 e. The molecule has 7 nitrogen and oxygen atoms in total. The first-order chi connectivity index (χ1) is 15.8. The molecule has 0 heterocycles. The number of esters is 1. The summed E-state index contributed by atoms with van der Waals surface area (Å²) in [6.07, 6.45) is 0.805. The molecule has 3 atom stereocenters. The smallest absolute Gasteiger partial charge is 0.343 e. The van der Waals surface area contributed by atoms with E-state index >= 15 is 0 Å². The Morgan fingerprint density at radius 1 is 1.03 bits per heavy atom. The normalized spacial score (nSPS) is 14.5. The molecule has 0 aliphatic rings. The molecule has 0 aliphatic heterocycles. The van der Waals surface area contributed by atoms with Gasteiger partial charge in [0.05, 0.1) is 18.1 Å². The minimum atomic E-state index is -4.07. The third-order valence-corrected chi connectivity index (χ3v) is 7.34. The van der Waals surface area contributed by atoms with Gasteiger partial charge in [0.2, 0.25) is 5.60 Å². The third-order valence-electron chi connectivity index (χ3n) is 5.38. The summed E-state index contributed by atoms with van der Waals surface area (Å²) in [5.41, 5.74) is 0.356. The Bertz CT molecular complexity index is 993. The van der Waals surface area contributed by atoms with Crippen LogP contribution in [0, 0.1) is 12.8 Å². The highest BCUT2D eigenvalue weighted by Gasteiger charge is 2.51. The van der Waals surface area contributed by atoms with Crippen molar-refractivity contribution in [2.24, 2.45) is 5.92 Å². The summed E-state index contributed by atoms with van der Waals surface area (Å²) in [4.78, 5) is 13.1. The first-order valence-electron chi connectivity index (χ1n) is 10.9. The van der Waals surface area contributed by atoms with Gasteiger partial charge in [-0.3, -0.25) is 4.18 Å². The Morgan fingerprint density at radius 3 is 2.27 bits per heavy atom. The topological polar surface area (TPSA) is 96.0 Å². The molecule has 0 bridgehead atoms. The number of carbonyl (C=O) groups excluding carboxylic acids is 1. The first kappa shape index (κ1) is 27.1. The lowest BCUT2D eigenvalue weighted by Crippen LogP contribution is -2.53. The standard InChI is InChI=1S/C24H31O7PS/c1-4-29-23(25)24(18-32-26,30-5-2)21(14-13-20-9-7-6-8-10-20)17-31-33(27,28)22-15-11-19(3)12-16-22/h6-12,15-16,21H,4-5,13-14,17-18H2,1-3H3/p+1. The Balaban J connectivity index is 2.37. The maximum atomic E-state index is 13.0. The monoisotopic (exact) mass is 495 g/mol. The average Bonchev–Trinajstić information content (AvgIpc) is 2.80. The SMILES string of the molecule is CCOC(=O)C(C[PH+]=O)(OCC)C(CCc1ccccc1)COS(=O)(=O)c1ccc(C)cc1. The van der Waals surface area contributed by atoms with Crippen molar-refractivity contribution < 1.29 is 31.4 Å². The van der Waals surface area contributed by atoms with Crippen molar-refractivity contribution in [2.75, 3.05) is 26.0 Å². The van der Waals surface area contributed by atoms with E-state index in [0.29, 0.717) is 12.8 Å². The zero-order valence-corrected chi connectivity index (χ0v) is 21.1. The quantitative estimate of drug-likeness (QED) is 0.219. The number of benzene rings is 2. The summed E-state index contributed by atoms with van der Waals surface area (Å²) in [5, 5.41) is 0. The fraction of sp³-hybridized carbons (Fsp3) is 0.458. The summed E-state index contributed by atoms with van der Waals surface area (Å²) in [6, 6.07) is 15.9. The van der Waals surface area contributed by atoms with E-state index in [1.165, 1.54) is 12.1 Å². The first-order valence-corrected chi connectivity index (χ1v) is 13.5. The molecule has 3 unspecified atom stereocenters. The van der Waals surface area contributed by atoms with Crippen LogP contribution in [-0.4, -0.2) is 46.0 Å². The van der Waals surface area contributed by atoms with Crippen LogP contribution in [0.5, 0.6) is 0 Å². The van der Waals surface area contributed by atoms with Gasteiger partial charge in [-0.05, 0) is 51.3 Å². The molecule has 2 rings (SSSR count). The average molecular weight is 496 g/mol. The van der Waals surface area contributed by atoms with Gasteiger partial charge in [-0.1, -0.05) is 52.6 Å². The zero-order chi connectivity index (χ0) is 24.3. The van der Waals surface area contributed by atoms with Crippen LogP contribution in [0.1, 0.15) is 31.4 Å². The maximum Gasteiger partial charge on any atom is 0.343 e. The zero-order valence-electron chi connectivity index (χ0n) is 19.3. The second-order valence-corrected chi connectivity index (χ2v) is 9.89. The van der Waals surface area contributed by atoms with Gasteiger partial charge in [-0.2, -0.15) is 8.42 Å². The molecular weight excluding hydrogens is 463 g/mol. The predicted octanol–water partition coefficient (Wildman–Crippen LogP) is 4.31. The van der Waals surface area contributed by atoms with Crippen LogP contribution in [0.25, 0.3) is 0 Å². The van der Waals surface area contributed by atoms with Crippen LogP contribution in [0.2, 0.25) is 0 Å². The molecule has 180 valence electrons. The molecule has 0 aliphatic carbocycles. The van der Waals surface area contributed by atoms with Crippen LogP contribution in [0.4, 0.5) is 0 Å². The van der Waals surface area contributed by atoms with Crippen molar-refractivity contribution >= 4 is 24.5 Å². The van der Waals surface area contributed by atoms with Crippen molar-refractivity contribution in [3.05, 3.63) is 65.7 Å². The molecular formula is C24H32O7PS+. The summed E-state index contributed by atoms with van der Waals surface area (Å²) >= 11 is 0. The fourth-order valence-electron chi connectivity index (χ4n) is 3.61. The van der Waals surface area contributed by atoms with Crippen molar-refractivity contribution in [2.45, 2.75) is 44.1 Å². The van der Waals surface area contributed by atoms with Gasteiger partial charge in [-0.25, -0.2) is 4.79 Å². The van der Waals surface area contributed by atoms with E-state index in [1.807, 2.05) is 37.3 Å². The van der Waals surface area contributed by atoms with Crippen molar-refractivity contribution in [1.82, 2.24) is 0 Å². The summed E-state index contributed by atoms with van der Waals surface area (Å²) < 4.78 is 54.0. The molecule has 0 amide bonds. The predicted molar refractivity (Wildman–Crippen MR) is 127 cm³/mol. The second kappa shape index (κ2) is 12.9. The molecule has 0 radical (unpaired) electrons. The minimum Gasteiger partial charge on any atom is -0.464 e. The Kier molecular flexibility index (Phi) is 10.6. The number of hydrogen-bond acceptors (Lipinski definition) is 7. The Labute approximate surface area is 197 Å². The van der Waals surface area contributed by atoms with Gasteiger partial charge in [0.15, 0.2) is 6.16 Å². The van der Waals surface area contributed by atoms with E-state index in [9.17, 15) is 17.8 Å². The van der Waals surface area contributed by atoms with Crippen molar-refractivity contribution in [3.8, 4) is 0 Å². The van der Waals surface area contributed by atoms with Crippen LogP contribution in [0.3, 0.4) is 0 Å². The highest BCUT2D eigenvalue weighted by molar-refractivity contribution is 7.86. The molecule has 2 aromatic carbocycles. The van der Waals surface area contributed by atoms with E-state index in [1.54, 1.807) is 26.0 Å². The van der Waals surface area contributed by atoms with Gasteiger partial charge < -0.3 is 9.47 Å². The molecule has 9 heteroatoms. The van der Waals surface area contributed by atoms with E-state index in [4.69, 9.17) is 13.7 Å². The number of rotatable bonds is 14. The Hall–Kier alpha value is -2.12. The number of aryl methyl sites for hydroxylation is 2. The van der Waals surface area contributed by atoms with Crippen LogP contribution in [0.15, 0.2) is 59.5 Å². The molecule has 33 heavy (non-hydrogen) atoms.